The molecule has 0 aliphatic heterocycles. The number of hydrogen-bond acceptors (Lipinski definition) is 2. The van der Waals surface area contributed by atoms with Gasteiger partial charge in [-0.15, -0.1) is 0 Å². The van der Waals surface area contributed by atoms with E-state index in [1.54, 1.807) is 0 Å². The molecule has 1 aromatic carbocycles. The van der Waals surface area contributed by atoms with Crippen molar-refractivity contribution in [2.24, 2.45) is 5.92 Å². The summed E-state index contributed by atoms with van der Waals surface area (Å²) in [6.07, 6.45) is 2.89. The van der Waals surface area contributed by atoms with E-state index >= 15 is 0 Å². The molecule has 1 fully saturated rings. The molecule has 0 aromatic heterocycles. The van der Waals surface area contributed by atoms with E-state index in [0.717, 1.165) is 31.2 Å². The van der Waals surface area contributed by atoms with Gasteiger partial charge in [0.1, 0.15) is 0 Å². The SMILES string of the molecule is CCC(NC(=O)C1CCCC1O)c1ccc(C)cc1. The molecule has 1 saturated carbocycles. The van der Waals surface area contributed by atoms with Gasteiger partial charge in [0.2, 0.25) is 5.91 Å². The highest BCUT2D eigenvalue weighted by atomic mass is 16.3. The highest BCUT2D eigenvalue weighted by molar-refractivity contribution is 5.80. The summed E-state index contributed by atoms with van der Waals surface area (Å²) in [4.78, 5) is 12.2. The maximum absolute atomic E-state index is 12.2. The summed E-state index contributed by atoms with van der Waals surface area (Å²) < 4.78 is 0. The van der Waals surface area contributed by atoms with Gasteiger partial charge in [0.15, 0.2) is 0 Å². The van der Waals surface area contributed by atoms with Crippen molar-refractivity contribution < 1.29 is 9.90 Å². The monoisotopic (exact) mass is 261 g/mol. The molecule has 0 radical (unpaired) electrons. The Hall–Kier alpha value is -1.35. The van der Waals surface area contributed by atoms with Crippen molar-refractivity contribution in [3.63, 3.8) is 0 Å². The van der Waals surface area contributed by atoms with E-state index < -0.39 is 6.10 Å². The Morgan fingerprint density at radius 2 is 2.05 bits per heavy atom. The topological polar surface area (TPSA) is 49.3 Å². The summed E-state index contributed by atoms with van der Waals surface area (Å²) in [7, 11) is 0. The predicted octanol–water partition coefficient (Wildman–Crippen LogP) is 2.72. The maximum atomic E-state index is 12.2. The molecule has 2 N–H and O–H groups in total. The zero-order valence-electron chi connectivity index (χ0n) is 11.7. The first-order valence-corrected chi connectivity index (χ1v) is 7.16. The maximum Gasteiger partial charge on any atom is 0.226 e. The average molecular weight is 261 g/mol. The van der Waals surface area contributed by atoms with Crippen LogP contribution in [0.25, 0.3) is 0 Å². The van der Waals surface area contributed by atoms with Gasteiger partial charge >= 0.3 is 0 Å². The molecule has 1 aliphatic carbocycles. The molecule has 0 spiro atoms. The highest BCUT2D eigenvalue weighted by Crippen LogP contribution is 2.27. The first-order valence-electron chi connectivity index (χ1n) is 7.16. The van der Waals surface area contributed by atoms with E-state index in [0.29, 0.717) is 0 Å². The van der Waals surface area contributed by atoms with Crippen molar-refractivity contribution in [2.45, 2.75) is 51.7 Å². The van der Waals surface area contributed by atoms with Gasteiger partial charge in [0, 0.05) is 0 Å². The molecule has 3 atom stereocenters. The second kappa shape index (κ2) is 6.20. The Labute approximate surface area is 115 Å². The number of carbonyl (C=O) groups is 1. The lowest BCUT2D eigenvalue weighted by atomic mass is 10.00. The third-order valence-electron chi connectivity index (χ3n) is 4.02. The summed E-state index contributed by atoms with van der Waals surface area (Å²) in [5.41, 5.74) is 2.35. The van der Waals surface area contributed by atoms with E-state index in [2.05, 4.69) is 43.4 Å². The minimum Gasteiger partial charge on any atom is -0.392 e. The van der Waals surface area contributed by atoms with Gasteiger partial charge in [0.05, 0.1) is 18.1 Å². The zero-order chi connectivity index (χ0) is 13.8. The van der Waals surface area contributed by atoms with Gasteiger partial charge in [-0.2, -0.15) is 0 Å². The third-order valence-corrected chi connectivity index (χ3v) is 4.02. The van der Waals surface area contributed by atoms with Crippen LogP contribution in [-0.2, 0) is 4.79 Å². The molecule has 0 saturated heterocycles. The molecule has 0 bridgehead atoms. The van der Waals surface area contributed by atoms with Crippen LogP contribution in [0, 0.1) is 12.8 Å². The fourth-order valence-electron chi connectivity index (χ4n) is 2.74. The van der Waals surface area contributed by atoms with Crippen molar-refractivity contribution in [1.29, 1.82) is 0 Å². The number of aryl methyl sites for hydroxylation is 1. The number of amides is 1. The first-order chi connectivity index (χ1) is 9.11. The highest BCUT2D eigenvalue weighted by Gasteiger charge is 2.32. The fraction of sp³-hybridized carbons (Fsp3) is 0.562. The second-order valence-electron chi connectivity index (χ2n) is 5.48. The van der Waals surface area contributed by atoms with Crippen LogP contribution in [0.4, 0.5) is 0 Å². The van der Waals surface area contributed by atoms with E-state index in [1.807, 2.05) is 0 Å². The summed E-state index contributed by atoms with van der Waals surface area (Å²) in [6.45, 7) is 4.12. The van der Waals surface area contributed by atoms with Crippen LogP contribution in [0.15, 0.2) is 24.3 Å². The van der Waals surface area contributed by atoms with E-state index in [9.17, 15) is 9.90 Å². The van der Waals surface area contributed by atoms with Crippen molar-refractivity contribution in [3.05, 3.63) is 35.4 Å². The Morgan fingerprint density at radius 1 is 1.37 bits per heavy atom. The zero-order valence-corrected chi connectivity index (χ0v) is 11.7. The summed E-state index contributed by atoms with van der Waals surface area (Å²) in [5, 5.41) is 12.9. The molecule has 0 heterocycles. The predicted molar refractivity (Wildman–Crippen MR) is 75.7 cm³/mol. The van der Waals surface area contributed by atoms with Crippen molar-refractivity contribution in [2.75, 3.05) is 0 Å². The number of nitrogens with one attached hydrogen (secondary N) is 1. The molecule has 1 aromatic rings. The van der Waals surface area contributed by atoms with Crippen LogP contribution in [0.1, 0.15) is 49.8 Å². The van der Waals surface area contributed by atoms with Crippen LogP contribution in [0.2, 0.25) is 0 Å². The Morgan fingerprint density at radius 3 is 2.58 bits per heavy atom. The summed E-state index contributed by atoms with van der Waals surface area (Å²) in [6, 6.07) is 8.30. The van der Waals surface area contributed by atoms with Gasteiger partial charge in [-0.05, 0) is 38.2 Å². The molecular weight excluding hydrogens is 238 g/mol. The van der Waals surface area contributed by atoms with Crippen molar-refractivity contribution >= 4 is 5.91 Å². The van der Waals surface area contributed by atoms with Crippen molar-refractivity contribution in [1.82, 2.24) is 5.32 Å². The molecule has 3 nitrogen and oxygen atoms in total. The minimum atomic E-state index is -0.462. The second-order valence-corrected chi connectivity index (χ2v) is 5.48. The van der Waals surface area contributed by atoms with Crippen LogP contribution in [0.3, 0.4) is 0 Å². The van der Waals surface area contributed by atoms with Gasteiger partial charge in [-0.3, -0.25) is 4.79 Å². The van der Waals surface area contributed by atoms with Crippen LogP contribution in [0.5, 0.6) is 0 Å². The van der Waals surface area contributed by atoms with E-state index in [1.165, 1.54) is 5.56 Å². The number of rotatable bonds is 4. The minimum absolute atomic E-state index is 0.00238. The van der Waals surface area contributed by atoms with Crippen LogP contribution in [-0.4, -0.2) is 17.1 Å². The normalized spacial score (nSPS) is 24.2. The molecule has 104 valence electrons. The molecule has 2 rings (SSSR count). The van der Waals surface area contributed by atoms with E-state index in [-0.39, 0.29) is 17.9 Å². The quantitative estimate of drug-likeness (QED) is 0.875. The molecule has 3 heteroatoms. The standard InChI is InChI=1S/C16H23NO2/c1-3-14(12-9-7-11(2)8-10-12)17-16(19)13-5-4-6-15(13)18/h7-10,13-15,18H,3-6H2,1-2H3,(H,17,19). The van der Waals surface area contributed by atoms with E-state index in [4.69, 9.17) is 0 Å². The average Bonchev–Trinajstić information content (AvgIpc) is 2.83. The molecule has 1 aliphatic rings. The van der Waals surface area contributed by atoms with Crippen LogP contribution >= 0.6 is 0 Å². The fourth-order valence-corrected chi connectivity index (χ4v) is 2.74. The molecular formula is C16H23NO2. The molecule has 1 amide bonds. The number of benzene rings is 1. The van der Waals surface area contributed by atoms with Crippen molar-refractivity contribution in [3.8, 4) is 0 Å². The molecule has 19 heavy (non-hydrogen) atoms. The summed E-state index contributed by atoms with van der Waals surface area (Å²) in [5.74, 6) is -0.225. The number of carbonyl (C=O) groups excluding carboxylic acids is 1. The lowest BCUT2D eigenvalue weighted by Gasteiger charge is -2.21. The Bertz CT molecular complexity index is 427. The Kier molecular flexibility index (Phi) is 4.59. The lowest BCUT2D eigenvalue weighted by Crippen LogP contribution is -2.37. The van der Waals surface area contributed by atoms with Gasteiger partial charge < -0.3 is 10.4 Å². The van der Waals surface area contributed by atoms with Gasteiger partial charge in [-0.25, -0.2) is 0 Å². The Balaban J connectivity index is 2.02. The lowest BCUT2D eigenvalue weighted by molar-refractivity contribution is -0.128. The summed E-state index contributed by atoms with van der Waals surface area (Å²) >= 11 is 0. The number of hydrogen-bond donors (Lipinski definition) is 2. The smallest absolute Gasteiger partial charge is 0.226 e. The van der Waals surface area contributed by atoms with Crippen LogP contribution < -0.4 is 5.32 Å². The van der Waals surface area contributed by atoms with Gasteiger partial charge in [0.25, 0.3) is 0 Å². The third kappa shape index (κ3) is 3.35. The number of aliphatic hydroxyl groups excluding tert-OH is 1. The largest absolute Gasteiger partial charge is 0.392 e. The number of aliphatic hydroxyl groups is 1. The van der Waals surface area contributed by atoms with Gasteiger partial charge in [-0.1, -0.05) is 36.8 Å². The molecule has 3 unspecified atom stereocenters. The first kappa shape index (κ1) is 14.1.